The molecule has 116 valence electrons. The van der Waals surface area contributed by atoms with Gasteiger partial charge in [-0.15, -0.1) is 0 Å². The SMILES string of the molecule is CCC(C)NCC(=O)N1CCN(c2cccc(Cl)c2)CC1. The van der Waals surface area contributed by atoms with Gasteiger partial charge in [-0.05, 0) is 31.5 Å². The molecule has 0 saturated carbocycles. The Labute approximate surface area is 132 Å². The van der Waals surface area contributed by atoms with E-state index in [0.29, 0.717) is 12.6 Å². The number of amides is 1. The molecule has 1 atom stereocenters. The zero-order valence-corrected chi connectivity index (χ0v) is 13.6. The first kappa shape index (κ1) is 16.1. The number of benzene rings is 1. The molecule has 1 fully saturated rings. The number of hydrogen-bond acceptors (Lipinski definition) is 3. The van der Waals surface area contributed by atoms with Gasteiger partial charge in [0.1, 0.15) is 0 Å². The number of anilines is 1. The van der Waals surface area contributed by atoms with Crippen LogP contribution in [0.4, 0.5) is 5.69 Å². The first-order chi connectivity index (χ1) is 10.1. The van der Waals surface area contributed by atoms with Gasteiger partial charge in [0.2, 0.25) is 5.91 Å². The molecule has 1 amide bonds. The van der Waals surface area contributed by atoms with Crippen molar-refractivity contribution >= 4 is 23.2 Å². The molecule has 1 aliphatic heterocycles. The maximum atomic E-state index is 12.1. The van der Waals surface area contributed by atoms with Crippen molar-refractivity contribution in [1.29, 1.82) is 0 Å². The summed E-state index contributed by atoms with van der Waals surface area (Å²) in [5.41, 5.74) is 1.13. The predicted molar refractivity (Wildman–Crippen MR) is 88.0 cm³/mol. The summed E-state index contributed by atoms with van der Waals surface area (Å²) in [5.74, 6) is 0.195. The van der Waals surface area contributed by atoms with Crippen LogP contribution < -0.4 is 10.2 Å². The van der Waals surface area contributed by atoms with E-state index in [1.807, 2.05) is 23.1 Å². The summed E-state index contributed by atoms with van der Waals surface area (Å²) in [6.07, 6.45) is 1.04. The fraction of sp³-hybridized carbons (Fsp3) is 0.562. The first-order valence-electron chi connectivity index (χ1n) is 7.62. The number of carbonyl (C=O) groups excluding carboxylic acids is 1. The summed E-state index contributed by atoms with van der Waals surface area (Å²) in [7, 11) is 0. The van der Waals surface area contributed by atoms with Gasteiger partial charge < -0.3 is 15.1 Å². The molecular weight excluding hydrogens is 286 g/mol. The maximum absolute atomic E-state index is 12.1. The van der Waals surface area contributed by atoms with Gasteiger partial charge in [-0.25, -0.2) is 0 Å². The number of piperazine rings is 1. The summed E-state index contributed by atoms with van der Waals surface area (Å²) in [6, 6.07) is 8.27. The van der Waals surface area contributed by atoms with E-state index in [1.165, 1.54) is 0 Å². The highest BCUT2D eigenvalue weighted by atomic mass is 35.5. The molecule has 1 aliphatic rings. The summed E-state index contributed by atoms with van der Waals surface area (Å²) in [6.45, 7) is 7.91. The molecule has 2 rings (SSSR count). The average Bonchev–Trinajstić information content (AvgIpc) is 2.52. The van der Waals surface area contributed by atoms with Crippen LogP contribution in [0.25, 0.3) is 0 Å². The molecule has 1 unspecified atom stereocenters. The number of rotatable bonds is 5. The molecule has 1 aromatic rings. The van der Waals surface area contributed by atoms with Crippen molar-refractivity contribution in [2.45, 2.75) is 26.3 Å². The molecule has 4 nitrogen and oxygen atoms in total. The van der Waals surface area contributed by atoms with Gasteiger partial charge in [-0.1, -0.05) is 24.6 Å². The fourth-order valence-electron chi connectivity index (χ4n) is 2.40. The van der Waals surface area contributed by atoms with Crippen LogP contribution in [-0.2, 0) is 4.79 Å². The Hall–Kier alpha value is -1.26. The van der Waals surface area contributed by atoms with Gasteiger partial charge in [0.25, 0.3) is 0 Å². The van der Waals surface area contributed by atoms with Crippen LogP contribution in [0.2, 0.25) is 5.02 Å². The summed E-state index contributed by atoms with van der Waals surface area (Å²) >= 11 is 6.03. The van der Waals surface area contributed by atoms with Crippen LogP contribution in [0.3, 0.4) is 0 Å². The quantitative estimate of drug-likeness (QED) is 0.907. The number of hydrogen-bond donors (Lipinski definition) is 1. The molecule has 5 heteroatoms. The van der Waals surface area contributed by atoms with E-state index < -0.39 is 0 Å². The minimum absolute atomic E-state index is 0.195. The Balaban J connectivity index is 1.81. The van der Waals surface area contributed by atoms with Crippen LogP contribution in [0.1, 0.15) is 20.3 Å². The minimum atomic E-state index is 0.195. The zero-order valence-electron chi connectivity index (χ0n) is 12.8. The first-order valence-corrected chi connectivity index (χ1v) is 7.99. The van der Waals surface area contributed by atoms with Crippen molar-refractivity contribution < 1.29 is 4.79 Å². The van der Waals surface area contributed by atoms with E-state index in [2.05, 4.69) is 30.1 Å². The molecule has 21 heavy (non-hydrogen) atoms. The topological polar surface area (TPSA) is 35.6 Å². The van der Waals surface area contributed by atoms with E-state index in [4.69, 9.17) is 11.6 Å². The van der Waals surface area contributed by atoms with Crippen LogP contribution in [0.5, 0.6) is 0 Å². The molecule has 0 radical (unpaired) electrons. The third-order valence-electron chi connectivity index (χ3n) is 4.02. The molecule has 1 aromatic carbocycles. The van der Waals surface area contributed by atoms with Crippen LogP contribution in [-0.4, -0.2) is 49.6 Å². The zero-order chi connectivity index (χ0) is 15.2. The standard InChI is InChI=1S/C16H24ClN3O/c1-3-13(2)18-12-16(21)20-9-7-19(8-10-20)15-6-4-5-14(17)11-15/h4-6,11,13,18H,3,7-10,12H2,1-2H3. The second kappa shape index (κ2) is 7.66. The van der Waals surface area contributed by atoms with Crippen LogP contribution in [0, 0.1) is 0 Å². The summed E-state index contributed by atoms with van der Waals surface area (Å²) in [4.78, 5) is 16.4. The van der Waals surface area contributed by atoms with E-state index in [1.54, 1.807) is 0 Å². The maximum Gasteiger partial charge on any atom is 0.236 e. The van der Waals surface area contributed by atoms with Gasteiger partial charge in [0.15, 0.2) is 0 Å². The van der Waals surface area contributed by atoms with Gasteiger partial charge in [-0.3, -0.25) is 4.79 Å². The lowest BCUT2D eigenvalue weighted by molar-refractivity contribution is -0.130. The lowest BCUT2D eigenvalue weighted by atomic mass is 10.2. The number of halogens is 1. The highest BCUT2D eigenvalue weighted by Crippen LogP contribution is 2.20. The summed E-state index contributed by atoms with van der Waals surface area (Å²) < 4.78 is 0. The molecule has 1 heterocycles. The van der Waals surface area contributed by atoms with Crippen LogP contribution in [0.15, 0.2) is 24.3 Å². The van der Waals surface area contributed by atoms with Crippen molar-refractivity contribution in [3.8, 4) is 0 Å². The van der Waals surface area contributed by atoms with Gasteiger partial charge in [-0.2, -0.15) is 0 Å². The Morgan fingerprint density at radius 1 is 1.33 bits per heavy atom. The van der Waals surface area contributed by atoms with E-state index in [-0.39, 0.29) is 5.91 Å². The molecular formula is C16H24ClN3O. The Kier molecular flexibility index (Phi) is 5.88. The highest BCUT2D eigenvalue weighted by Gasteiger charge is 2.21. The normalized spacial score (nSPS) is 16.9. The summed E-state index contributed by atoms with van der Waals surface area (Å²) in [5, 5.41) is 4.01. The van der Waals surface area contributed by atoms with Crippen molar-refractivity contribution in [3.05, 3.63) is 29.3 Å². The van der Waals surface area contributed by atoms with Gasteiger partial charge >= 0.3 is 0 Å². The Morgan fingerprint density at radius 2 is 2.05 bits per heavy atom. The largest absolute Gasteiger partial charge is 0.368 e. The third-order valence-corrected chi connectivity index (χ3v) is 4.25. The molecule has 0 aliphatic carbocycles. The highest BCUT2D eigenvalue weighted by molar-refractivity contribution is 6.30. The minimum Gasteiger partial charge on any atom is -0.368 e. The van der Waals surface area contributed by atoms with Crippen molar-refractivity contribution in [1.82, 2.24) is 10.2 Å². The molecule has 1 saturated heterocycles. The smallest absolute Gasteiger partial charge is 0.236 e. The molecule has 0 spiro atoms. The molecule has 1 N–H and O–H groups in total. The fourth-order valence-corrected chi connectivity index (χ4v) is 2.59. The van der Waals surface area contributed by atoms with Crippen molar-refractivity contribution in [2.24, 2.45) is 0 Å². The monoisotopic (exact) mass is 309 g/mol. The third kappa shape index (κ3) is 4.61. The van der Waals surface area contributed by atoms with E-state index in [9.17, 15) is 4.79 Å². The second-order valence-electron chi connectivity index (χ2n) is 5.54. The van der Waals surface area contributed by atoms with Crippen molar-refractivity contribution in [3.63, 3.8) is 0 Å². The second-order valence-corrected chi connectivity index (χ2v) is 5.97. The van der Waals surface area contributed by atoms with E-state index >= 15 is 0 Å². The lowest BCUT2D eigenvalue weighted by Crippen LogP contribution is -2.51. The Morgan fingerprint density at radius 3 is 2.67 bits per heavy atom. The molecule has 0 bridgehead atoms. The van der Waals surface area contributed by atoms with Crippen molar-refractivity contribution in [2.75, 3.05) is 37.6 Å². The number of nitrogens with zero attached hydrogens (tertiary/aromatic N) is 2. The Bertz CT molecular complexity index is 472. The van der Waals surface area contributed by atoms with E-state index in [0.717, 1.165) is 43.3 Å². The number of nitrogens with one attached hydrogen (secondary N) is 1. The predicted octanol–water partition coefficient (Wildman–Crippen LogP) is 2.38. The van der Waals surface area contributed by atoms with Crippen LogP contribution >= 0.6 is 11.6 Å². The average molecular weight is 310 g/mol. The van der Waals surface area contributed by atoms with Gasteiger partial charge in [0.05, 0.1) is 6.54 Å². The molecule has 0 aromatic heterocycles. The lowest BCUT2D eigenvalue weighted by Gasteiger charge is -2.36. The number of carbonyl (C=O) groups is 1. The van der Waals surface area contributed by atoms with Gasteiger partial charge in [0, 0.05) is 42.9 Å².